The first-order valence-corrected chi connectivity index (χ1v) is 9.75. The number of amides is 2. The number of carbonyl (C=O) groups excluding carboxylic acids is 1. The van der Waals surface area contributed by atoms with Gasteiger partial charge in [-0.25, -0.2) is 4.79 Å². The van der Waals surface area contributed by atoms with Crippen molar-refractivity contribution in [2.45, 2.75) is 45.4 Å². The maximum absolute atomic E-state index is 12.4. The van der Waals surface area contributed by atoms with Crippen LogP contribution in [0, 0.1) is 6.92 Å². The monoisotopic (exact) mass is 349 g/mol. The third-order valence-electron chi connectivity index (χ3n) is 4.20. The van der Waals surface area contributed by atoms with Crippen LogP contribution >= 0.6 is 11.8 Å². The standard InChI is InChI=1S/C19H31N3OS/c1-15-6-8-17(9-7-15)21-11-12-22(16(2)14-21)18(23)20-10-13-24-19(3,4)5/h6-9,16H,10-14H2,1-5H3,(H,20,23). The van der Waals surface area contributed by atoms with Crippen molar-refractivity contribution < 1.29 is 4.79 Å². The van der Waals surface area contributed by atoms with Crippen LogP contribution in [-0.4, -0.2) is 53.7 Å². The molecule has 0 spiro atoms. The summed E-state index contributed by atoms with van der Waals surface area (Å²) in [6.45, 7) is 14.1. The number of urea groups is 1. The van der Waals surface area contributed by atoms with Crippen molar-refractivity contribution in [3.63, 3.8) is 0 Å². The zero-order valence-corrected chi connectivity index (χ0v) is 16.4. The minimum atomic E-state index is 0.0700. The molecule has 1 N–H and O–H groups in total. The van der Waals surface area contributed by atoms with E-state index in [1.54, 1.807) is 0 Å². The Hall–Kier alpha value is -1.36. The van der Waals surface area contributed by atoms with Crippen LogP contribution in [0.1, 0.15) is 33.3 Å². The maximum Gasteiger partial charge on any atom is 0.317 e. The van der Waals surface area contributed by atoms with E-state index >= 15 is 0 Å². The molecule has 1 fully saturated rings. The number of hydrogen-bond donors (Lipinski definition) is 1. The molecule has 0 saturated carbocycles. The van der Waals surface area contributed by atoms with Crippen LogP contribution in [-0.2, 0) is 0 Å². The van der Waals surface area contributed by atoms with Gasteiger partial charge in [-0.05, 0) is 26.0 Å². The summed E-state index contributed by atoms with van der Waals surface area (Å²) < 4.78 is 0.248. The van der Waals surface area contributed by atoms with Crippen molar-refractivity contribution in [3.05, 3.63) is 29.8 Å². The minimum Gasteiger partial charge on any atom is -0.368 e. The van der Waals surface area contributed by atoms with Crippen molar-refractivity contribution in [1.82, 2.24) is 10.2 Å². The summed E-state index contributed by atoms with van der Waals surface area (Å²) in [5.41, 5.74) is 2.52. The van der Waals surface area contributed by atoms with Gasteiger partial charge in [0, 0.05) is 48.4 Å². The van der Waals surface area contributed by atoms with Gasteiger partial charge in [-0.1, -0.05) is 38.5 Å². The smallest absolute Gasteiger partial charge is 0.317 e. The first-order valence-electron chi connectivity index (χ1n) is 8.76. The van der Waals surface area contributed by atoms with Gasteiger partial charge in [-0.2, -0.15) is 11.8 Å². The average molecular weight is 350 g/mol. The van der Waals surface area contributed by atoms with E-state index in [0.717, 1.165) is 31.9 Å². The average Bonchev–Trinajstić information content (AvgIpc) is 2.51. The summed E-state index contributed by atoms with van der Waals surface area (Å²) in [7, 11) is 0. The fourth-order valence-electron chi connectivity index (χ4n) is 2.87. The highest BCUT2D eigenvalue weighted by Crippen LogP contribution is 2.22. The first kappa shape index (κ1) is 19.0. The molecule has 1 aromatic carbocycles. The quantitative estimate of drug-likeness (QED) is 0.841. The molecule has 5 heteroatoms. The highest BCUT2D eigenvalue weighted by atomic mass is 32.2. The van der Waals surface area contributed by atoms with E-state index in [2.05, 4.69) is 69.1 Å². The lowest BCUT2D eigenvalue weighted by molar-refractivity contribution is 0.172. The highest BCUT2D eigenvalue weighted by molar-refractivity contribution is 8.00. The Bertz CT molecular complexity index is 539. The second-order valence-electron chi connectivity index (χ2n) is 7.52. The molecule has 1 aliphatic heterocycles. The number of carbonyl (C=O) groups is 1. The van der Waals surface area contributed by atoms with Crippen molar-refractivity contribution in [2.75, 3.05) is 36.8 Å². The second kappa shape index (κ2) is 8.15. The van der Waals surface area contributed by atoms with E-state index in [1.165, 1.54) is 11.3 Å². The Morgan fingerprint density at radius 2 is 1.92 bits per heavy atom. The van der Waals surface area contributed by atoms with Gasteiger partial charge in [0.05, 0.1) is 0 Å². The molecule has 2 rings (SSSR count). The molecule has 4 nitrogen and oxygen atoms in total. The van der Waals surface area contributed by atoms with E-state index in [0.29, 0.717) is 0 Å². The van der Waals surface area contributed by atoms with Gasteiger partial charge >= 0.3 is 6.03 Å². The molecule has 24 heavy (non-hydrogen) atoms. The van der Waals surface area contributed by atoms with Gasteiger partial charge in [-0.15, -0.1) is 0 Å². The summed E-state index contributed by atoms with van der Waals surface area (Å²) in [6.07, 6.45) is 0. The summed E-state index contributed by atoms with van der Waals surface area (Å²) in [5, 5.41) is 3.07. The molecule has 1 atom stereocenters. The predicted molar refractivity (Wildman–Crippen MR) is 105 cm³/mol. The molecule has 1 unspecified atom stereocenters. The molecule has 0 aliphatic carbocycles. The molecule has 1 aliphatic rings. The van der Waals surface area contributed by atoms with Crippen molar-refractivity contribution in [3.8, 4) is 0 Å². The molecule has 1 aromatic rings. The molecule has 1 saturated heterocycles. The van der Waals surface area contributed by atoms with E-state index in [-0.39, 0.29) is 16.8 Å². The molecule has 0 bridgehead atoms. The number of rotatable bonds is 4. The van der Waals surface area contributed by atoms with E-state index in [1.807, 2.05) is 16.7 Å². The lowest BCUT2D eigenvalue weighted by Gasteiger charge is -2.41. The zero-order chi connectivity index (χ0) is 17.7. The molecule has 0 aromatic heterocycles. The van der Waals surface area contributed by atoms with Crippen LogP contribution in [0.3, 0.4) is 0 Å². The summed E-state index contributed by atoms with van der Waals surface area (Å²) in [4.78, 5) is 16.7. The number of hydrogen-bond acceptors (Lipinski definition) is 3. The van der Waals surface area contributed by atoms with Crippen LogP contribution in [0.4, 0.5) is 10.5 Å². The summed E-state index contributed by atoms with van der Waals surface area (Å²) in [5.74, 6) is 0.951. The third-order valence-corrected chi connectivity index (χ3v) is 5.48. The highest BCUT2D eigenvalue weighted by Gasteiger charge is 2.27. The van der Waals surface area contributed by atoms with Crippen LogP contribution < -0.4 is 10.2 Å². The Morgan fingerprint density at radius 1 is 1.25 bits per heavy atom. The number of piperazine rings is 1. The molecular formula is C19H31N3OS. The predicted octanol–water partition coefficient (Wildman–Crippen LogP) is 3.75. The Kier molecular flexibility index (Phi) is 6.44. The number of anilines is 1. The molecular weight excluding hydrogens is 318 g/mol. The van der Waals surface area contributed by atoms with Gasteiger partial charge in [0.1, 0.15) is 0 Å². The Morgan fingerprint density at radius 3 is 2.50 bits per heavy atom. The lowest BCUT2D eigenvalue weighted by atomic mass is 10.1. The van der Waals surface area contributed by atoms with Gasteiger partial charge in [0.25, 0.3) is 0 Å². The maximum atomic E-state index is 12.4. The largest absolute Gasteiger partial charge is 0.368 e. The SMILES string of the molecule is Cc1ccc(N2CCN(C(=O)NCCSC(C)(C)C)C(C)C2)cc1. The zero-order valence-electron chi connectivity index (χ0n) is 15.6. The molecule has 1 heterocycles. The normalized spacial score (nSPS) is 18.6. The fraction of sp³-hybridized carbons (Fsp3) is 0.632. The number of nitrogens with one attached hydrogen (secondary N) is 1. The number of benzene rings is 1. The van der Waals surface area contributed by atoms with Crippen molar-refractivity contribution >= 4 is 23.5 Å². The van der Waals surface area contributed by atoms with Crippen molar-refractivity contribution in [2.24, 2.45) is 0 Å². The lowest BCUT2D eigenvalue weighted by Crippen LogP contribution is -2.56. The number of aryl methyl sites for hydroxylation is 1. The summed E-state index contributed by atoms with van der Waals surface area (Å²) in [6, 6.07) is 8.91. The van der Waals surface area contributed by atoms with Gasteiger partial charge < -0.3 is 15.1 Å². The number of nitrogens with zero attached hydrogens (tertiary/aromatic N) is 2. The van der Waals surface area contributed by atoms with Crippen LogP contribution in [0.15, 0.2) is 24.3 Å². The summed E-state index contributed by atoms with van der Waals surface area (Å²) >= 11 is 1.88. The minimum absolute atomic E-state index is 0.0700. The molecule has 0 radical (unpaired) electrons. The van der Waals surface area contributed by atoms with E-state index < -0.39 is 0 Å². The van der Waals surface area contributed by atoms with E-state index in [9.17, 15) is 4.79 Å². The van der Waals surface area contributed by atoms with Crippen LogP contribution in [0.5, 0.6) is 0 Å². The van der Waals surface area contributed by atoms with Gasteiger partial charge in [-0.3, -0.25) is 0 Å². The fourth-order valence-corrected chi connectivity index (χ4v) is 3.68. The van der Waals surface area contributed by atoms with Crippen LogP contribution in [0.25, 0.3) is 0 Å². The third kappa shape index (κ3) is 5.62. The molecule has 134 valence electrons. The van der Waals surface area contributed by atoms with Gasteiger partial charge in [0.2, 0.25) is 0 Å². The van der Waals surface area contributed by atoms with Crippen LogP contribution in [0.2, 0.25) is 0 Å². The number of thioether (sulfide) groups is 1. The Balaban J connectivity index is 1.80. The van der Waals surface area contributed by atoms with Crippen molar-refractivity contribution in [1.29, 1.82) is 0 Å². The van der Waals surface area contributed by atoms with E-state index in [4.69, 9.17) is 0 Å². The topological polar surface area (TPSA) is 35.6 Å². The second-order valence-corrected chi connectivity index (χ2v) is 9.44. The molecule has 2 amide bonds. The first-order chi connectivity index (χ1) is 11.3. The Labute approximate surface area is 151 Å². The van der Waals surface area contributed by atoms with Gasteiger partial charge in [0.15, 0.2) is 0 Å².